The lowest BCUT2D eigenvalue weighted by Gasteiger charge is -2.31. The molecule has 1 saturated heterocycles. The summed E-state index contributed by atoms with van der Waals surface area (Å²) in [7, 11) is 0. The number of nitrogens with zero attached hydrogens (tertiary/aromatic N) is 1. The van der Waals surface area contributed by atoms with Gasteiger partial charge in [0.25, 0.3) is 0 Å². The first-order chi connectivity index (χ1) is 9.81. The van der Waals surface area contributed by atoms with E-state index in [1.807, 2.05) is 24.3 Å². The highest BCUT2D eigenvalue weighted by Gasteiger charge is 2.18. The molecule has 1 atom stereocenters. The molecule has 5 heteroatoms. The van der Waals surface area contributed by atoms with Gasteiger partial charge in [0, 0.05) is 26.2 Å². The van der Waals surface area contributed by atoms with E-state index in [4.69, 9.17) is 20.3 Å². The van der Waals surface area contributed by atoms with Crippen LogP contribution in [-0.2, 0) is 11.3 Å². The van der Waals surface area contributed by atoms with E-state index in [2.05, 4.69) is 4.90 Å². The highest BCUT2D eigenvalue weighted by molar-refractivity contribution is 5.26. The van der Waals surface area contributed by atoms with Gasteiger partial charge in [0.05, 0.1) is 25.9 Å². The monoisotopic (exact) mass is 280 g/mol. The minimum atomic E-state index is -0.0338. The molecule has 0 bridgehead atoms. The van der Waals surface area contributed by atoms with Crippen LogP contribution in [0.25, 0.3) is 0 Å². The topological polar surface area (TPSA) is 68.0 Å². The van der Waals surface area contributed by atoms with E-state index in [1.54, 1.807) is 0 Å². The molecule has 1 aromatic carbocycles. The van der Waals surface area contributed by atoms with Crippen LogP contribution in [0.5, 0.6) is 5.75 Å². The van der Waals surface area contributed by atoms with Crippen molar-refractivity contribution in [2.45, 2.75) is 19.1 Å². The molecule has 0 aliphatic carbocycles. The molecule has 1 unspecified atom stereocenters. The third-order valence-corrected chi connectivity index (χ3v) is 3.47. The summed E-state index contributed by atoms with van der Waals surface area (Å²) in [6.45, 7) is 4.77. The van der Waals surface area contributed by atoms with E-state index in [0.717, 1.165) is 37.4 Å². The average molecular weight is 280 g/mol. The Bertz CT molecular complexity index is 383. The minimum Gasteiger partial charge on any atom is -0.494 e. The summed E-state index contributed by atoms with van der Waals surface area (Å²) in [6.07, 6.45) is 0.935. The second-order valence-electron chi connectivity index (χ2n) is 5.03. The molecule has 5 nitrogen and oxygen atoms in total. The fourth-order valence-corrected chi connectivity index (χ4v) is 2.29. The maximum absolute atomic E-state index is 9.09. The van der Waals surface area contributed by atoms with Gasteiger partial charge < -0.3 is 20.3 Å². The van der Waals surface area contributed by atoms with Crippen LogP contribution >= 0.6 is 0 Å². The van der Waals surface area contributed by atoms with Crippen molar-refractivity contribution in [3.63, 3.8) is 0 Å². The molecule has 0 amide bonds. The molecule has 0 radical (unpaired) electrons. The highest BCUT2D eigenvalue weighted by atomic mass is 16.5. The second-order valence-corrected chi connectivity index (χ2v) is 5.03. The number of rotatable bonds is 7. The van der Waals surface area contributed by atoms with Gasteiger partial charge >= 0.3 is 0 Å². The summed E-state index contributed by atoms with van der Waals surface area (Å²) in [6, 6.07) is 7.89. The zero-order valence-electron chi connectivity index (χ0n) is 11.8. The van der Waals surface area contributed by atoms with Gasteiger partial charge in [-0.2, -0.15) is 0 Å². The molecular formula is C15H24N2O3. The fourth-order valence-electron chi connectivity index (χ4n) is 2.29. The maximum atomic E-state index is 9.09. The van der Waals surface area contributed by atoms with Gasteiger partial charge in [-0.1, -0.05) is 12.1 Å². The normalized spacial score (nSPS) is 20.0. The van der Waals surface area contributed by atoms with Crippen LogP contribution in [-0.4, -0.2) is 55.6 Å². The number of hydrogen-bond donors (Lipinski definition) is 2. The Hall–Kier alpha value is -1.14. The molecular weight excluding hydrogens is 256 g/mol. The summed E-state index contributed by atoms with van der Waals surface area (Å²) in [4.78, 5) is 2.31. The lowest BCUT2D eigenvalue weighted by molar-refractivity contribution is -0.0533. The molecule has 0 spiro atoms. The standard InChI is InChI=1S/C15H24N2O3/c16-10-13-2-4-14(5-3-13)19-8-1-6-17-7-9-20-15(11-17)12-18/h2-5,15,18H,1,6-12,16H2. The van der Waals surface area contributed by atoms with Crippen molar-refractivity contribution in [2.24, 2.45) is 5.73 Å². The predicted molar refractivity (Wildman–Crippen MR) is 77.7 cm³/mol. The molecule has 1 fully saturated rings. The van der Waals surface area contributed by atoms with Crippen LogP contribution in [0.4, 0.5) is 0 Å². The molecule has 3 N–H and O–H groups in total. The first-order valence-corrected chi connectivity index (χ1v) is 7.18. The Morgan fingerprint density at radius 3 is 2.85 bits per heavy atom. The molecule has 1 aliphatic heterocycles. The Balaban J connectivity index is 1.63. The van der Waals surface area contributed by atoms with E-state index in [9.17, 15) is 0 Å². The number of hydrogen-bond acceptors (Lipinski definition) is 5. The summed E-state index contributed by atoms with van der Waals surface area (Å²) in [5.74, 6) is 0.886. The summed E-state index contributed by atoms with van der Waals surface area (Å²) < 4.78 is 11.1. The van der Waals surface area contributed by atoms with E-state index >= 15 is 0 Å². The number of ether oxygens (including phenoxy) is 2. The molecule has 0 aromatic heterocycles. The van der Waals surface area contributed by atoms with Crippen LogP contribution in [0.1, 0.15) is 12.0 Å². The SMILES string of the molecule is NCc1ccc(OCCCN2CCOC(CO)C2)cc1. The molecule has 1 aliphatic rings. The van der Waals surface area contributed by atoms with Crippen molar-refractivity contribution >= 4 is 0 Å². The van der Waals surface area contributed by atoms with Gasteiger partial charge in [-0.15, -0.1) is 0 Å². The minimum absolute atomic E-state index is 0.0338. The highest BCUT2D eigenvalue weighted by Crippen LogP contribution is 2.12. The number of morpholine rings is 1. The second kappa shape index (κ2) is 8.21. The third-order valence-electron chi connectivity index (χ3n) is 3.47. The van der Waals surface area contributed by atoms with Gasteiger partial charge in [0.2, 0.25) is 0 Å². The number of aliphatic hydroxyl groups is 1. The predicted octanol–water partition coefficient (Wildman–Crippen LogP) is 0.607. The van der Waals surface area contributed by atoms with Gasteiger partial charge in [-0.25, -0.2) is 0 Å². The average Bonchev–Trinajstić information content (AvgIpc) is 2.52. The van der Waals surface area contributed by atoms with E-state index in [-0.39, 0.29) is 12.7 Å². The van der Waals surface area contributed by atoms with Crippen LogP contribution < -0.4 is 10.5 Å². The molecule has 1 heterocycles. The van der Waals surface area contributed by atoms with Crippen molar-refractivity contribution in [3.8, 4) is 5.75 Å². The molecule has 0 saturated carbocycles. The van der Waals surface area contributed by atoms with E-state index in [0.29, 0.717) is 19.8 Å². The van der Waals surface area contributed by atoms with Gasteiger partial charge in [0.15, 0.2) is 0 Å². The first-order valence-electron chi connectivity index (χ1n) is 7.18. The van der Waals surface area contributed by atoms with Crippen molar-refractivity contribution in [1.82, 2.24) is 4.90 Å². The molecule has 20 heavy (non-hydrogen) atoms. The number of nitrogens with two attached hydrogens (primary N) is 1. The smallest absolute Gasteiger partial charge is 0.119 e. The lowest BCUT2D eigenvalue weighted by atomic mass is 10.2. The molecule has 112 valence electrons. The summed E-state index contributed by atoms with van der Waals surface area (Å²) in [5.41, 5.74) is 6.66. The number of benzene rings is 1. The van der Waals surface area contributed by atoms with Gasteiger partial charge in [-0.3, -0.25) is 4.90 Å². The Morgan fingerprint density at radius 1 is 1.35 bits per heavy atom. The van der Waals surface area contributed by atoms with Gasteiger partial charge in [-0.05, 0) is 24.1 Å². The van der Waals surface area contributed by atoms with Crippen LogP contribution in [0.2, 0.25) is 0 Å². The third kappa shape index (κ3) is 4.76. The quantitative estimate of drug-likeness (QED) is 0.716. The lowest BCUT2D eigenvalue weighted by Crippen LogP contribution is -2.44. The molecule has 2 rings (SSSR count). The van der Waals surface area contributed by atoms with Crippen LogP contribution in [0.3, 0.4) is 0 Å². The largest absolute Gasteiger partial charge is 0.494 e. The Kier molecular flexibility index (Phi) is 6.26. The van der Waals surface area contributed by atoms with Crippen molar-refractivity contribution in [2.75, 3.05) is 39.5 Å². The van der Waals surface area contributed by atoms with Crippen molar-refractivity contribution in [3.05, 3.63) is 29.8 Å². The number of aliphatic hydroxyl groups excluding tert-OH is 1. The zero-order valence-corrected chi connectivity index (χ0v) is 11.8. The molecule has 1 aromatic rings. The Labute approximate surface area is 120 Å². The van der Waals surface area contributed by atoms with Crippen LogP contribution in [0, 0.1) is 0 Å². The van der Waals surface area contributed by atoms with Crippen LogP contribution in [0.15, 0.2) is 24.3 Å². The summed E-state index contributed by atoms with van der Waals surface area (Å²) >= 11 is 0. The maximum Gasteiger partial charge on any atom is 0.119 e. The van der Waals surface area contributed by atoms with Gasteiger partial charge in [0.1, 0.15) is 5.75 Å². The zero-order chi connectivity index (χ0) is 14.2. The Morgan fingerprint density at radius 2 is 2.15 bits per heavy atom. The first kappa shape index (κ1) is 15.3. The van der Waals surface area contributed by atoms with Crippen molar-refractivity contribution < 1.29 is 14.6 Å². The summed E-state index contributed by atoms with van der Waals surface area (Å²) in [5, 5.41) is 9.09. The van der Waals surface area contributed by atoms with Crippen molar-refractivity contribution in [1.29, 1.82) is 0 Å². The van der Waals surface area contributed by atoms with E-state index < -0.39 is 0 Å². The fraction of sp³-hybridized carbons (Fsp3) is 0.600. The van der Waals surface area contributed by atoms with E-state index in [1.165, 1.54) is 0 Å².